The van der Waals surface area contributed by atoms with E-state index in [1.54, 1.807) is 0 Å². The number of carbonyl (C=O) groups excluding carboxylic acids is 2. The number of alkyl halides is 3. The number of ether oxygens (including phenoxy) is 1. The zero-order valence-corrected chi connectivity index (χ0v) is 8.47. The highest BCUT2D eigenvalue weighted by Gasteiger charge is 2.54. The van der Waals surface area contributed by atoms with Crippen molar-refractivity contribution in [1.82, 2.24) is 0 Å². The van der Waals surface area contributed by atoms with Crippen LogP contribution < -0.4 is 0 Å². The van der Waals surface area contributed by atoms with Gasteiger partial charge in [-0.05, 0) is 25.7 Å². The molecule has 2 aliphatic rings. The fraction of sp³-hybridized carbons (Fsp3) is 0.800. The molecule has 0 aromatic heterocycles. The molecule has 1 aliphatic carbocycles. The van der Waals surface area contributed by atoms with Crippen molar-refractivity contribution in [2.45, 2.75) is 38.3 Å². The van der Waals surface area contributed by atoms with Crippen molar-refractivity contribution in [3.05, 3.63) is 0 Å². The molecule has 2 fully saturated rings. The van der Waals surface area contributed by atoms with Gasteiger partial charge < -0.3 is 4.74 Å². The van der Waals surface area contributed by atoms with Crippen LogP contribution in [0.4, 0.5) is 13.2 Å². The highest BCUT2D eigenvalue weighted by Crippen LogP contribution is 2.49. The van der Waals surface area contributed by atoms with Crippen LogP contribution in [0.2, 0.25) is 0 Å². The molecular formula is C10H11F3O3. The number of halogens is 3. The summed E-state index contributed by atoms with van der Waals surface area (Å²) in [7, 11) is 0. The van der Waals surface area contributed by atoms with Crippen LogP contribution >= 0.6 is 0 Å². The molecule has 0 unspecified atom stereocenters. The molecule has 16 heavy (non-hydrogen) atoms. The van der Waals surface area contributed by atoms with Gasteiger partial charge in [-0.3, -0.25) is 9.59 Å². The van der Waals surface area contributed by atoms with Crippen molar-refractivity contribution in [2.24, 2.45) is 11.3 Å². The molecule has 0 aromatic rings. The summed E-state index contributed by atoms with van der Waals surface area (Å²) < 4.78 is 41.6. The summed E-state index contributed by atoms with van der Waals surface area (Å²) in [4.78, 5) is 22.3. The van der Waals surface area contributed by atoms with Gasteiger partial charge in [0.15, 0.2) is 0 Å². The van der Waals surface area contributed by atoms with E-state index < -0.39 is 29.4 Å². The summed E-state index contributed by atoms with van der Waals surface area (Å²) >= 11 is 0. The molecule has 0 amide bonds. The Morgan fingerprint density at radius 3 is 2.12 bits per heavy atom. The lowest BCUT2D eigenvalue weighted by molar-refractivity contribution is -0.189. The van der Waals surface area contributed by atoms with Gasteiger partial charge in [0.05, 0.1) is 17.8 Å². The fourth-order valence-corrected chi connectivity index (χ4v) is 2.47. The Kier molecular flexibility index (Phi) is 2.47. The maximum atomic E-state index is 12.4. The van der Waals surface area contributed by atoms with E-state index in [1.165, 1.54) is 0 Å². The Morgan fingerprint density at radius 1 is 1.19 bits per heavy atom. The van der Waals surface area contributed by atoms with E-state index in [2.05, 4.69) is 4.74 Å². The molecule has 0 aromatic carbocycles. The quantitative estimate of drug-likeness (QED) is 0.478. The standard InChI is InChI=1S/C10H11F3O3/c11-10(12,13)6-1-3-9(4-2-6)5-7(14)16-8(9)15/h6H,1-5H2. The van der Waals surface area contributed by atoms with Crippen LogP contribution in [0, 0.1) is 11.3 Å². The smallest absolute Gasteiger partial charge is 0.391 e. The first-order valence-corrected chi connectivity index (χ1v) is 5.15. The summed E-state index contributed by atoms with van der Waals surface area (Å²) in [6.07, 6.45) is -4.24. The number of rotatable bonds is 0. The van der Waals surface area contributed by atoms with E-state index in [-0.39, 0.29) is 32.1 Å². The Labute approximate surface area is 89.9 Å². The minimum Gasteiger partial charge on any atom is -0.393 e. The summed E-state index contributed by atoms with van der Waals surface area (Å²) in [5.41, 5.74) is -0.959. The summed E-state index contributed by atoms with van der Waals surface area (Å²) in [5, 5.41) is 0. The second-order valence-electron chi connectivity index (χ2n) is 4.53. The molecule has 6 heteroatoms. The van der Waals surface area contributed by atoms with Gasteiger partial charge in [0.1, 0.15) is 0 Å². The van der Waals surface area contributed by atoms with E-state index in [1.807, 2.05) is 0 Å². The van der Waals surface area contributed by atoms with Gasteiger partial charge in [0, 0.05) is 0 Å². The monoisotopic (exact) mass is 236 g/mol. The Hall–Kier alpha value is -1.07. The van der Waals surface area contributed by atoms with Gasteiger partial charge in [-0.2, -0.15) is 13.2 Å². The molecule has 0 atom stereocenters. The summed E-state index contributed by atoms with van der Waals surface area (Å²) in [6.45, 7) is 0. The number of esters is 2. The first-order valence-electron chi connectivity index (χ1n) is 5.15. The molecule has 1 heterocycles. The molecule has 3 nitrogen and oxygen atoms in total. The molecule has 1 spiro atoms. The van der Waals surface area contributed by atoms with E-state index in [0.29, 0.717) is 0 Å². The van der Waals surface area contributed by atoms with Crippen LogP contribution in [0.3, 0.4) is 0 Å². The topological polar surface area (TPSA) is 43.4 Å². The highest BCUT2D eigenvalue weighted by molar-refractivity contribution is 5.97. The maximum Gasteiger partial charge on any atom is 0.391 e. The second kappa shape index (κ2) is 3.46. The molecule has 2 rings (SSSR count). The van der Waals surface area contributed by atoms with E-state index >= 15 is 0 Å². The van der Waals surface area contributed by atoms with Crippen LogP contribution in [-0.4, -0.2) is 18.1 Å². The van der Waals surface area contributed by atoms with Gasteiger partial charge in [0.25, 0.3) is 0 Å². The Bertz CT molecular complexity index is 327. The molecular weight excluding hydrogens is 225 g/mol. The van der Waals surface area contributed by atoms with E-state index in [4.69, 9.17) is 0 Å². The van der Waals surface area contributed by atoms with Crippen LogP contribution in [-0.2, 0) is 14.3 Å². The van der Waals surface area contributed by atoms with E-state index in [0.717, 1.165) is 0 Å². The molecule has 1 aliphatic heterocycles. The highest BCUT2D eigenvalue weighted by atomic mass is 19.4. The van der Waals surface area contributed by atoms with E-state index in [9.17, 15) is 22.8 Å². The normalized spacial score (nSPS) is 35.6. The van der Waals surface area contributed by atoms with Crippen molar-refractivity contribution < 1.29 is 27.5 Å². The summed E-state index contributed by atoms with van der Waals surface area (Å²) in [5.74, 6) is -2.60. The lowest BCUT2D eigenvalue weighted by Crippen LogP contribution is -2.36. The van der Waals surface area contributed by atoms with Crippen molar-refractivity contribution in [2.75, 3.05) is 0 Å². The zero-order valence-electron chi connectivity index (χ0n) is 8.47. The average Bonchev–Trinajstić information content (AvgIpc) is 2.41. The first kappa shape index (κ1) is 11.4. The lowest BCUT2D eigenvalue weighted by atomic mass is 9.69. The number of hydrogen-bond donors (Lipinski definition) is 0. The maximum absolute atomic E-state index is 12.4. The fourth-order valence-electron chi connectivity index (χ4n) is 2.47. The predicted octanol–water partition coefficient (Wildman–Crippen LogP) is 2.20. The molecule has 1 saturated carbocycles. The van der Waals surface area contributed by atoms with Crippen LogP contribution in [0.25, 0.3) is 0 Å². The number of hydrogen-bond acceptors (Lipinski definition) is 3. The second-order valence-corrected chi connectivity index (χ2v) is 4.53. The molecule has 1 saturated heterocycles. The lowest BCUT2D eigenvalue weighted by Gasteiger charge is -2.33. The third-order valence-corrected chi connectivity index (χ3v) is 3.53. The van der Waals surface area contributed by atoms with Gasteiger partial charge in [-0.25, -0.2) is 0 Å². The summed E-state index contributed by atoms with van der Waals surface area (Å²) in [6, 6.07) is 0. The third-order valence-electron chi connectivity index (χ3n) is 3.53. The molecule has 0 N–H and O–H groups in total. The first-order chi connectivity index (χ1) is 7.33. The molecule has 0 bridgehead atoms. The average molecular weight is 236 g/mol. The van der Waals surface area contributed by atoms with Crippen LogP contribution in [0.15, 0.2) is 0 Å². The van der Waals surface area contributed by atoms with Crippen LogP contribution in [0.5, 0.6) is 0 Å². The van der Waals surface area contributed by atoms with Gasteiger partial charge in [-0.15, -0.1) is 0 Å². The Morgan fingerprint density at radius 2 is 1.75 bits per heavy atom. The van der Waals surface area contributed by atoms with Crippen molar-refractivity contribution in [1.29, 1.82) is 0 Å². The minimum absolute atomic E-state index is 0.0591. The Balaban J connectivity index is 2.05. The van der Waals surface area contributed by atoms with Crippen LogP contribution in [0.1, 0.15) is 32.1 Å². The molecule has 0 radical (unpaired) electrons. The zero-order chi connectivity index (χ0) is 12.0. The van der Waals surface area contributed by atoms with Gasteiger partial charge >= 0.3 is 18.1 Å². The number of cyclic esters (lactones) is 2. The SMILES string of the molecule is O=C1CC2(CCC(C(F)(F)F)CC2)C(=O)O1. The minimum atomic E-state index is -4.20. The molecule has 90 valence electrons. The van der Waals surface area contributed by atoms with Gasteiger partial charge in [0.2, 0.25) is 0 Å². The third kappa shape index (κ3) is 1.81. The largest absolute Gasteiger partial charge is 0.393 e. The van der Waals surface area contributed by atoms with Crippen molar-refractivity contribution >= 4 is 11.9 Å². The van der Waals surface area contributed by atoms with Crippen molar-refractivity contribution in [3.8, 4) is 0 Å². The predicted molar refractivity (Wildman–Crippen MR) is 46.2 cm³/mol. The van der Waals surface area contributed by atoms with Crippen molar-refractivity contribution in [3.63, 3.8) is 0 Å². The number of carbonyl (C=O) groups is 2. The van der Waals surface area contributed by atoms with Gasteiger partial charge in [-0.1, -0.05) is 0 Å².